The van der Waals surface area contributed by atoms with Crippen molar-refractivity contribution in [1.82, 2.24) is 4.90 Å². The zero-order valence-electron chi connectivity index (χ0n) is 8.92. The van der Waals surface area contributed by atoms with Crippen LogP contribution in [-0.4, -0.2) is 46.0 Å². The molecule has 3 unspecified atom stereocenters. The Kier molecular flexibility index (Phi) is 2.96. The topological polar surface area (TPSA) is 66.6 Å². The van der Waals surface area contributed by atoms with Crippen LogP contribution < -0.4 is 0 Å². The van der Waals surface area contributed by atoms with Gasteiger partial charge < -0.3 is 5.11 Å². The predicted octanol–water partition coefficient (Wildman–Crippen LogP) is 0.787. The molecule has 2 rings (SSSR count). The minimum atomic E-state index is -2.51. The van der Waals surface area contributed by atoms with E-state index < -0.39 is 28.7 Å². The molecule has 3 atom stereocenters. The van der Waals surface area contributed by atoms with E-state index in [4.69, 9.17) is 0 Å². The van der Waals surface area contributed by atoms with E-state index in [-0.39, 0.29) is 19.5 Å². The number of aliphatic hydroxyl groups excluding tert-OH is 1. The summed E-state index contributed by atoms with van der Waals surface area (Å²) in [7, 11) is 0. The molecular weight excluding hydrogens is 234 g/mol. The summed E-state index contributed by atoms with van der Waals surface area (Å²) >= 11 is 0. The summed E-state index contributed by atoms with van der Waals surface area (Å²) < 4.78 is 27.6. The molecule has 2 aliphatic rings. The molecule has 1 heterocycles. The summed E-state index contributed by atoms with van der Waals surface area (Å²) in [6.45, 7) is -0.00579. The normalized spacial score (nSPS) is 38.2. The van der Waals surface area contributed by atoms with Gasteiger partial charge in [0.05, 0.1) is 11.0 Å². The van der Waals surface area contributed by atoms with Gasteiger partial charge in [-0.25, -0.2) is 13.7 Å². The van der Waals surface area contributed by atoms with Gasteiger partial charge in [0.2, 0.25) is 6.17 Å². The molecule has 0 aromatic carbocycles. The Hall–Kier alpha value is -1.34. The first-order chi connectivity index (χ1) is 7.99. The second kappa shape index (κ2) is 4.15. The third-order valence-electron chi connectivity index (χ3n) is 3.18. The number of halogens is 2. The van der Waals surface area contributed by atoms with Crippen LogP contribution in [0.2, 0.25) is 0 Å². The second-order valence-corrected chi connectivity index (χ2v) is 4.17. The Morgan fingerprint density at radius 1 is 1.65 bits per heavy atom. The van der Waals surface area contributed by atoms with E-state index in [1.807, 2.05) is 0 Å². The number of rotatable bonds is 2. The molecule has 5 nitrogen and oxygen atoms in total. The number of nitro groups is 1. The molecule has 1 aliphatic carbocycles. The minimum Gasteiger partial charge on any atom is -0.392 e. The molecule has 0 bridgehead atoms. The molecule has 1 aliphatic heterocycles. The van der Waals surface area contributed by atoms with Crippen molar-refractivity contribution in [3.8, 4) is 0 Å². The maximum atomic E-state index is 13.9. The van der Waals surface area contributed by atoms with Crippen molar-refractivity contribution in [1.29, 1.82) is 0 Å². The average molecular weight is 246 g/mol. The zero-order chi connectivity index (χ0) is 12.6. The monoisotopic (exact) mass is 246 g/mol. The molecule has 0 saturated carbocycles. The zero-order valence-corrected chi connectivity index (χ0v) is 8.92. The van der Waals surface area contributed by atoms with E-state index in [0.717, 1.165) is 23.1 Å². The predicted molar refractivity (Wildman–Crippen MR) is 55.1 cm³/mol. The third-order valence-corrected chi connectivity index (χ3v) is 3.18. The number of β-amino-alcohol motifs (C(OH)–C–C–N with tert-alkyl or cyclic N) is 1. The molecule has 0 radical (unpaired) electrons. The highest BCUT2D eigenvalue weighted by Gasteiger charge is 2.61. The number of nitrogens with zero attached hydrogens (tertiary/aromatic N) is 2. The highest BCUT2D eigenvalue weighted by atomic mass is 19.1. The van der Waals surface area contributed by atoms with Crippen molar-refractivity contribution in [2.24, 2.45) is 0 Å². The van der Waals surface area contributed by atoms with Crippen LogP contribution in [-0.2, 0) is 0 Å². The van der Waals surface area contributed by atoms with Gasteiger partial charge in [0, 0.05) is 13.1 Å². The fourth-order valence-corrected chi connectivity index (χ4v) is 2.31. The summed E-state index contributed by atoms with van der Waals surface area (Å²) in [4.78, 5) is 11.2. The van der Waals surface area contributed by atoms with Crippen LogP contribution in [0, 0.1) is 10.1 Å². The highest BCUT2D eigenvalue weighted by molar-refractivity contribution is 5.27. The molecule has 0 aromatic rings. The molecule has 7 heteroatoms. The second-order valence-electron chi connectivity index (χ2n) is 4.17. The van der Waals surface area contributed by atoms with Gasteiger partial charge in [-0.05, 0) is 18.6 Å². The van der Waals surface area contributed by atoms with Crippen LogP contribution in [0.1, 0.15) is 6.42 Å². The first kappa shape index (κ1) is 12.1. The van der Waals surface area contributed by atoms with Crippen molar-refractivity contribution in [3.05, 3.63) is 34.2 Å². The smallest absolute Gasteiger partial charge is 0.363 e. The van der Waals surface area contributed by atoms with Gasteiger partial charge in [-0.1, -0.05) is 6.08 Å². The van der Waals surface area contributed by atoms with E-state index in [1.165, 1.54) is 0 Å². The molecule has 0 amide bonds. The largest absolute Gasteiger partial charge is 0.392 e. The van der Waals surface area contributed by atoms with E-state index in [1.54, 1.807) is 0 Å². The van der Waals surface area contributed by atoms with Crippen LogP contribution in [0.5, 0.6) is 0 Å². The van der Waals surface area contributed by atoms with E-state index in [2.05, 4.69) is 0 Å². The molecule has 0 spiro atoms. The van der Waals surface area contributed by atoms with Gasteiger partial charge in [0.25, 0.3) is 0 Å². The summed E-state index contributed by atoms with van der Waals surface area (Å²) in [5.41, 5.74) is -2.51. The summed E-state index contributed by atoms with van der Waals surface area (Å²) in [6, 6.07) is 0. The average Bonchev–Trinajstić information content (AvgIpc) is 2.65. The lowest BCUT2D eigenvalue weighted by Gasteiger charge is -2.34. The van der Waals surface area contributed by atoms with Gasteiger partial charge >= 0.3 is 5.66 Å². The third kappa shape index (κ3) is 1.66. The number of likely N-dealkylation sites (tertiary alicyclic amines) is 1. The van der Waals surface area contributed by atoms with Crippen LogP contribution in [0.3, 0.4) is 0 Å². The lowest BCUT2D eigenvalue weighted by Crippen LogP contribution is -2.61. The van der Waals surface area contributed by atoms with Crippen molar-refractivity contribution >= 4 is 0 Å². The summed E-state index contributed by atoms with van der Waals surface area (Å²) in [6.07, 6.45) is 0.402. The Morgan fingerprint density at radius 3 is 2.82 bits per heavy atom. The van der Waals surface area contributed by atoms with Crippen LogP contribution >= 0.6 is 0 Å². The van der Waals surface area contributed by atoms with Gasteiger partial charge in [-0.15, -0.1) is 0 Å². The summed E-state index contributed by atoms with van der Waals surface area (Å²) in [5, 5.41) is 20.5. The summed E-state index contributed by atoms with van der Waals surface area (Å²) in [5.74, 6) is -1.13. The van der Waals surface area contributed by atoms with Gasteiger partial charge in [0.15, 0.2) is 5.83 Å². The van der Waals surface area contributed by atoms with Gasteiger partial charge in [-0.2, -0.15) is 0 Å². The number of alkyl halides is 1. The first-order valence-electron chi connectivity index (χ1n) is 5.25. The van der Waals surface area contributed by atoms with Crippen LogP contribution in [0.25, 0.3) is 0 Å². The lowest BCUT2D eigenvalue weighted by atomic mass is 9.96. The van der Waals surface area contributed by atoms with Crippen LogP contribution in [0.4, 0.5) is 8.78 Å². The maximum Gasteiger partial charge on any atom is 0.363 e. The maximum absolute atomic E-state index is 13.9. The Labute approximate surface area is 96.2 Å². The van der Waals surface area contributed by atoms with Crippen molar-refractivity contribution < 1.29 is 18.8 Å². The quantitative estimate of drug-likeness (QED) is 0.577. The fraction of sp³-hybridized carbons (Fsp3) is 0.600. The number of hydrogen-bond donors (Lipinski definition) is 1. The fourth-order valence-electron chi connectivity index (χ4n) is 2.31. The SMILES string of the molecule is O=[N+]([O-])C1(N2CCC(O)C2)C(F)=CC=CC1F. The number of allylic oxidation sites excluding steroid dienone is 2. The molecule has 1 saturated heterocycles. The van der Waals surface area contributed by atoms with Gasteiger partial charge in [0.1, 0.15) is 0 Å². The van der Waals surface area contributed by atoms with Crippen LogP contribution in [0.15, 0.2) is 24.1 Å². The van der Waals surface area contributed by atoms with Crippen molar-refractivity contribution in [2.75, 3.05) is 13.1 Å². The molecule has 1 fully saturated rings. The Balaban J connectivity index is 2.42. The van der Waals surface area contributed by atoms with Gasteiger partial charge in [-0.3, -0.25) is 10.1 Å². The number of aliphatic hydroxyl groups is 1. The van der Waals surface area contributed by atoms with Crippen molar-refractivity contribution in [2.45, 2.75) is 24.4 Å². The van der Waals surface area contributed by atoms with E-state index >= 15 is 0 Å². The molecule has 0 aromatic heterocycles. The van der Waals surface area contributed by atoms with E-state index in [0.29, 0.717) is 0 Å². The number of hydrogen-bond acceptors (Lipinski definition) is 4. The molecule has 94 valence electrons. The molecule has 1 N–H and O–H groups in total. The molecular formula is C10H12F2N2O3. The van der Waals surface area contributed by atoms with Crippen molar-refractivity contribution in [3.63, 3.8) is 0 Å². The Bertz CT molecular complexity index is 399. The van der Waals surface area contributed by atoms with E-state index in [9.17, 15) is 24.0 Å². The Morgan fingerprint density at radius 2 is 2.35 bits per heavy atom. The minimum absolute atomic E-state index is 0.0949. The standard InChI is InChI=1S/C10H12F2N2O3/c11-8-2-1-3-9(12)10(8,14(16)17)13-5-4-7(15)6-13/h1-3,7-8,15H,4-6H2. The first-order valence-corrected chi connectivity index (χ1v) is 5.25. The highest BCUT2D eigenvalue weighted by Crippen LogP contribution is 2.37. The molecule has 17 heavy (non-hydrogen) atoms. The lowest BCUT2D eigenvalue weighted by molar-refractivity contribution is -0.599.